The number of aromatic nitrogens is 1. The van der Waals surface area contributed by atoms with Gasteiger partial charge < -0.3 is 10.1 Å². The molecule has 2 aliphatic heterocycles. The molecule has 136 valence electrons. The van der Waals surface area contributed by atoms with Gasteiger partial charge in [0.15, 0.2) is 0 Å². The summed E-state index contributed by atoms with van der Waals surface area (Å²) < 4.78 is 5.48. The molecule has 1 N–H and O–H groups in total. The van der Waals surface area contributed by atoms with E-state index in [0.29, 0.717) is 23.6 Å². The van der Waals surface area contributed by atoms with E-state index in [1.54, 1.807) is 0 Å². The van der Waals surface area contributed by atoms with E-state index in [2.05, 4.69) is 29.0 Å². The lowest BCUT2D eigenvalue weighted by Gasteiger charge is -2.31. The highest BCUT2D eigenvalue weighted by atomic mass is 35.5. The van der Waals surface area contributed by atoms with Crippen molar-refractivity contribution in [3.05, 3.63) is 16.1 Å². The molecule has 3 rings (SSSR count). The van der Waals surface area contributed by atoms with Gasteiger partial charge in [-0.05, 0) is 31.6 Å². The summed E-state index contributed by atoms with van der Waals surface area (Å²) in [6.45, 7) is 10.2. The van der Waals surface area contributed by atoms with E-state index >= 15 is 0 Å². The first-order valence-corrected chi connectivity index (χ1v) is 9.47. The third-order valence-corrected chi connectivity index (χ3v) is 5.90. The fourth-order valence-corrected chi connectivity index (χ4v) is 4.34. The van der Waals surface area contributed by atoms with Gasteiger partial charge in [-0.2, -0.15) is 0 Å². The maximum atomic E-state index is 12.5. The summed E-state index contributed by atoms with van der Waals surface area (Å²) in [5.74, 6) is 1.03. The van der Waals surface area contributed by atoms with E-state index in [1.807, 2.05) is 12.3 Å². The van der Waals surface area contributed by atoms with Crippen LogP contribution in [0.5, 0.6) is 0 Å². The predicted octanol–water partition coefficient (Wildman–Crippen LogP) is 2.74. The number of halogens is 1. The third kappa shape index (κ3) is 4.48. The Kier molecular flexibility index (Phi) is 7.04. The molecular formula is C17H28ClN3O2S. The molecule has 0 aliphatic carbocycles. The Labute approximate surface area is 154 Å². The molecule has 0 spiro atoms. The van der Waals surface area contributed by atoms with Crippen LogP contribution in [0.15, 0.2) is 5.38 Å². The smallest absolute Gasteiger partial charge is 0.271 e. The van der Waals surface area contributed by atoms with Gasteiger partial charge in [-0.3, -0.25) is 9.69 Å². The van der Waals surface area contributed by atoms with Crippen molar-refractivity contribution >= 4 is 29.7 Å². The number of amides is 1. The van der Waals surface area contributed by atoms with Crippen molar-refractivity contribution in [2.24, 2.45) is 11.8 Å². The Balaban J connectivity index is 0.00000208. The van der Waals surface area contributed by atoms with E-state index in [9.17, 15) is 4.79 Å². The topological polar surface area (TPSA) is 54.5 Å². The first-order valence-electron chi connectivity index (χ1n) is 8.59. The van der Waals surface area contributed by atoms with Crippen LogP contribution in [0.1, 0.15) is 42.2 Å². The molecule has 2 atom stereocenters. The summed E-state index contributed by atoms with van der Waals surface area (Å²) >= 11 is 1.52. The number of thiazole rings is 1. The Morgan fingerprint density at radius 1 is 1.38 bits per heavy atom. The lowest BCUT2D eigenvalue weighted by Crippen LogP contribution is -2.43. The monoisotopic (exact) mass is 373 g/mol. The van der Waals surface area contributed by atoms with Crippen LogP contribution in [0.4, 0.5) is 0 Å². The van der Waals surface area contributed by atoms with Gasteiger partial charge in [0.25, 0.3) is 5.91 Å². The molecule has 0 bridgehead atoms. The second-order valence-corrected chi connectivity index (χ2v) is 8.10. The van der Waals surface area contributed by atoms with Gasteiger partial charge in [0.05, 0.1) is 5.01 Å². The molecule has 1 amide bonds. The number of aryl methyl sites for hydroxylation is 1. The highest BCUT2D eigenvalue weighted by Crippen LogP contribution is 2.29. The molecule has 0 radical (unpaired) electrons. The molecular weight excluding hydrogens is 346 g/mol. The van der Waals surface area contributed by atoms with E-state index in [0.717, 1.165) is 44.2 Å². The minimum atomic E-state index is -0.0289. The predicted molar refractivity (Wildman–Crippen MR) is 99.1 cm³/mol. The minimum absolute atomic E-state index is 0. The Morgan fingerprint density at radius 2 is 2.08 bits per heavy atom. The number of rotatable bonds is 4. The van der Waals surface area contributed by atoms with Gasteiger partial charge in [0.2, 0.25) is 0 Å². The number of nitrogens with zero attached hydrogens (tertiary/aromatic N) is 2. The molecule has 1 aromatic heterocycles. The second kappa shape index (κ2) is 8.61. The van der Waals surface area contributed by atoms with Crippen molar-refractivity contribution in [1.82, 2.24) is 15.2 Å². The van der Waals surface area contributed by atoms with Crippen LogP contribution in [0, 0.1) is 18.8 Å². The fraction of sp³-hybridized carbons (Fsp3) is 0.765. The number of ether oxygens (including phenoxy) is 1. The van der Waals surface area contributed by atoms with Crippen molar-refractivity contribution in [2.45, 2.75) is 45.7 Å². The summed E-state index contributed by atoms with van der Waals surface area (Å²) in [6, 6.07) is 0.820. The highest BCUT2D eigenvalue weighted by Gasteiger charge is 2.38. The largest absolute Gasteiger partial charge is 0.381 e. The molecule has 2 saturated heterocycles. The number of carbonyl (C=O) groups excluding carboxylic acids is 1. The molecule has 1 aromatic rings. The summed E-state index contributed by atoms with van der Waals surface area (Å²) in [5.41, 5.74) is 0.555. The van der Waals surface area contributed by atoms with Gasteiger partial charge in [0.1, 0.15) is 5.69 Å². The number of hydrogen-bond donors (Lipinski definition) is 1. The Bertz CT molecular complexity index is 546. The molecule has 0 unspecified atom stereocenters. The molecule has 7 heteroatoms. The summed E-state index contributed by atoms with van der Waals surface area (Å²) in [4.78, 5) is 19.3. The van der Waals surface area contributed by atoms with Crippen molar-refractivity contribution < 1.29 is 9.53 Å². The van der Waals surface area contributed by atoms with E-state index in [1.165, 1.54) is 11.3 Å². The number of hydrogen-bond acceptors (Lipinski definition) is 5. The van der Waals surface area contributed by atoms with Crippen LogP contribution in [0.3, 0.4) is 0 Å². The summed E-state index contributed by atoms with van der Waals surface area (Å²) in [6.07, 6.45) is 2.22. The second-order valence-electron chi connectivity index (χ2n) is 7.04. The first-order chi connectivity index (χ1) is 11.0. The van der Waals surface area contributed by atoms with Crippen molar-refractivity contribution in [2.75, 3.05) is 26.3 Å². The average Bonchev–Trinajstić information content (AvgIpc) is 3.15. The van der Waals surface area contributed by atoms with Crippen LogP contribution in [-0.2, 0) is 4.74 Å². The summed E-state index contributed by atoms with van der Waals surface area (Å²) in [5, 5.41) is 6.02. The lowest BCUT2D eigenvalue weighted by molar-refractivity contribution is 0.0401. The molecule has 2 aliphatic rings. The van der Waals surface area contributed by atoms with Gasteiger partial charge in [-0.25, -0.2) is 4.98 Å². The number of carbonyl (C=O) groups is 1. The van der Waals surface area contributed by atoms with Crippen LogP contribution >= 0.6 is 23.7 Å². The molecule has 3 heterocycles. The number of nitrogens with one attached hydrogen (secondary N) is 1. The van der Waals surface area contributed by atoms with E-state index in [-0.39, 0.29) is 24.4 Å². The molecule has 2 fully saturated rings. The maximum absolute atomic E-state index is 12.5. The molecule has 0 saturated carbocycles. The fourth-order valence-electron chi connectivity index (χ4n) is 3.75. The zero-order valence-corrected chi connectivity index (χ0v) is 16.3. The van der Waals surface area contributed by atoms with Gasteiger partial charge in [-0.15, -0.1) is 23.7 Å². The van der Waals surface area contributed by atoms with Crippen molar-refractivity contribution in [3.8, 4) is 0 Å². The molecule has 5 nitrogen and oxygen atoms in total. The van der Waals surface area contributed by atoms with Crippen LogP contribution < -0.4 is 5.32 Å². The van der Waals surface area contributed by atoms with E-state index in [4.69, 9.17) is 4.74 Å². The van der Waals surface area contributed by atoms with Crippen molar-refractivity contribution in [1.29, 1.82) is 0 Å². The van der Waals surface area contributed by atoms with Gasteiger partial charge >= 0.3 is 0 Å². The first kappa shape index (κ1) is 19.6. The highest BCUT2D eigenvalue weighted by molar-refractivity contribution is 7.09. The average molecular weight is 374 g/mol. The number of likely N-dealkylation sites (tertiary alicyclic amines) is 1. The Hall–Kier alpha value is -0.690. The summed E-state index contributed by atoms with van der Waals surface area (Å²) in [7, 11) is 0. The quantitative estimate of drug-likeness (QED) is 0.881. The Morgan fingerprint density at radius 3 is 2.67 bits per heavy atom. The minimum Gasteiger partial charge on any atom is -0.381 e. The SMILES string of the molecule is Cc1nc(C(=O)N[C@H]2CN(C3CCOCC3)C[C@@H]2C(C)C)cs1.Cl. The van der Waals surface area contributed by atoms with Crippen LogP contribution in [-0.4, -0.2) is 54.2 Å². The van der Waals surface area contributed by atoms with E-state index < -0.39 is 0 Å². The zero-order valence-electron chi connectivity index (χ0n) is 14.7. The lowest BCUT2D eigenvalue weighted by atomic mass is 9.91. The molecule has 24 heavy (non-hydrogen) atoms. The van der Waals surface area contributed by atoms with Gasteiger partial charge in [-0.1, -0.05) is 13.8 Å². The van der Waals surface area contributed by atoms with Crippen LogP contribution in [0.25, 0.3) is 0 Å². The standard InChI is InChI=1S/C17H27N3O2S.ClH/c1-11(2)14-8-20(13-4-6-22-7-5-13)9-15(14)19-17(21)16-10-23-12(3)18-16;/h10-11,13-15H,4-9H2,1-3H3,(H,19,21);1H/t14-,15+;/m1./s1. The normalized spacial score (nSPS) is 25.7. The maximum Gasteiger partial charge on any atom is 0.271 e. The third-order valence-electron chi connectivity index (χ3n) is 5.13. The van der Waals surface area contributed by atoms with Crippen molar-refractivity contribution in [3.63, 3.8) is 0 Å². The van der Waals surface area contributed by atoms with Crippen LogP contribution in [0.2, 0.25) is 0 Å². The van der Waals surface area contributed by atoms with Gasteiger partial charge in [0, 0.05) is 43.8 Å². The zero-order chi connectivity index (χ0) is 16.4. The molecule has 0 aromatic carbocycles.